The van der Waals surface area contributed by atoms with Crippen LogP contribution in [0.5, 0.6) is 0 Å². The van der Waals surface area contributed by atoms with Crippen molar-refractivity contribution in [2.24, 2.45) is 0 Å². The molecule has 4 heteroatoms. The Morgan fingerprint density at radius 2 is 1.58 bits per heavy atom. The first kappa shape index (κ1) is 12.4. The molecule has 0 amide bonds. The number of hydrogen-bond acceptors (Lipinski definition) is 3. The molecule has 1 heterocycles. The molecule has 2 aromatic carbocycles. The van der Waals surface area contributed by atoms with Crippen molar-refractivity contribution in [3.63, 3.8) is 0 Å². The summed E-state index contributed by atoms with van der Waals surface area (Å²) in [6, 6.07) is 16.2. The van der Waals surface area contributed by atoms with Gasteiger partial charge in [0.1, 0.15) is 6.10 Å². The highest BCUT2D eigenvalue weighted by Gasteiger charge is 2.50. The van der Waals surface area contributed by atoms with Crippen molar-refractivity contribution >= 4 is 9.84 Å². The number of hydrogen-bond donors (Lipinski definition) is 0. The molecule has 0 radical (unpaired) electrons. The summed E-state index contributed by atoms with van der Waals surface area (Å²) in [7, 11) is -3.40. The summed E-state index contributed by atoms with van der Waals surface area (Å²) in [5.41, 5.74) is 1.31. The third-order valence-corrected chi connectivity index (χ3v) is 5.13. The first-order valence-corrected chi connectivity index (χ1v) is 7.64. The Morgan fingerprint density at radius 1 is 0.947 bits per heavy atom. The summed E-state index contributed by atoms with van der Waals surface area (Å²) >= 11 is 0. The minimum absolute atomic E-state index is 0.314. The normalized spacial score (nSPS) is 22.2. The molecule has 1 aliphatic heterocycles. The van der Waals surface area contributed by atoms with Gasteiger partial charge in [0, 0.05) is 0 Å². The Kier molecular flexibility index (Phi) is 2.92. The van der Waals surface area contributed by atoms with Crippen LogP contribution < -0.4 is 0 Å². The number of sulfone groups is 1. The lowest BCUT2D eigenvalue weighted by Gasteiger charge is -2.01. The van der Waals surface area contributed by atoms with E-state index in [1.807, 2.05) is 31.2 Å². The molecule has 2 atom stereocenters. The Hall–Kier alpha value is -1.65. The van der Waals surface area contributed by atoms with Gasteiger partial charge in [0.05, 0.1) is 4.90 Å². The van der Waals surface area contributed by atoms with E-state index < -0.39 is 15.3 Å². The molecular weight excluding hydrogens is 260 g/mol. The lowest BCUT2D eigenvalue weighted by molar-refractivity contribution is 0.399. The van der Waals surface area contributed by atoms with E-state index in [1.165, 1.54) is 0 Å². The van der Waals surface area contributed by atoms with Crippen LogP contribution in [0.4, 0.5) is 0 Å². The van der Waals surface area contributed by atoms with Crippen LogP contribution in [-0.2, 0) is 14.6 Å². The van der Waals surface area contributed by atoms with E-state index in [-0.39, 0.29) is 6.10 Å². The maximum absolute atomic E-state index is 12.3. The minimum Gasteiger partial charge on any atom is -0.347 e. The second-order valence-corrected chi connectivity index (χ2v) is 6.72. The Labute approximate surface area is 112 Å². The van der Waals surface area contributed by atoms with E-state index in [0.717, 1.165) is 11.1 Å². The molecular formula is C15H14O3S. The average molecular weight is 274 g/mol. The molecule has 3 nitrogen and oxygen atoms in total. The van der Waals surface area contributed by atoms with Gasteiger partial charge >= 0.3 is 0 Å². The van der Waals surface area contributed by atoms with Gasteiger partial charge in [0.2, 0.25) is 9.84 Å². The summed E-state index contributed by atoms with van der Waals surface area (Å²) in [5, 5.41) is 0. The molecule has 1 aliphatic rings. The van der Waals surface area contributed by atoms with Gasteiger partial charge in [-0.15, -0.1) is 0 Å². The summed E-state index contributed by atoms with van der Waals surface area (Å²) < 4.78 is 30.0. The van der Waals surface area contributed by atoms with Crippen LogP contribution >= 0.6 is 0 Å². The number of epoxide rings is 1. The predicted molar refractivity (Wildman–Crippen MR) is 72.4 cm³/mol. The zero-order chi connectivity index (χ0) is 13.5. The summed E-state index contributed by atoms with van der Waals surface area (Å²) in [4.78, 5) is 0.314. The number of rotatable bonds is 3. The Balaban J connectivity index is 1.85. The SMILES string of the molecule is Cc1ccc([C@@H]2O[C@H]2S(=O)(=O)c2ccccc2)cc1. The zero-order valence-corrected chi connectivity index (χ0v) is 11.3. The van der Waals surface area contributed by atoms with Crippen LogP contribution in [-0.4, -0.2) is 13.9 Å². The first-order chi connectivity index (χ1) is 9.09. The molecule has 0 saturated carbocycles. The monoisotopic (exact) mass is 274 g/mol. The largest absolute Gasteiger partial charge is 0.347 e. The molecule has 0 unspecified atom stereocenters. The van der Waals surface area contributed by atoms with Gasteiger partial charge in [0.25, 0.3) is 0 Å². The van der Waals surface area contributed by atoms with E-state index in [1.54, 1.807) is 30.3 Å². The Bertz CT molecular complexity index is 675. The van der Waals surface area contributed by atoms with Crippen molar-refractivity contribution in [2.75, 3.05) is 0 Å². The highest BCUT2D eigenvalue weighted by Crippen LogP contribution is 2.44. The molecule has 2 aromatic rings. The standard InChI is InChI=1S/C15H14O3S/c1-11-7-9-12(10-8-11)14-15(18-14)19(16,17)13-5-3-2-4-6-13/h2-10,14-15H,1H3/t14-,15-/m0/s1. The summed E-state index contributed by atoms with van der Waals surface area (Å²) in [6.07, 6.45) is -0.342. The van der Waals surface area contributed by atoms with Gasteiger partial charge < -0.3 is 4.74 Å². The van der Waals surface area contributed by atoms with Crippen molar-refractivity contribution in [1.29, 1.82) is 0 Å². The highest BCUT2D eigenvalue weighted by atomic mass is 32.2. The van der Waals surface area contributed by atoms with Crippen LogP contribution in [0.15, 0.2) is 59.5 Å². The number of benzene rings is 2. The third-order valence-electron chi connectivity index (χ3n) is 3.23. The van der Waals surface area contributed by atoms with Crippen LogP contribution in [0, 0.1) is 6.92 Å². The maximum atomic E-state index is 12.3. The van der Waals surface area contributed by atoms with E-state index in [0.29, 0.717) is 4.90 Å². The average Bonchev–Trinajstić information content (AvgIpc) is 3.22. The fraction of sp³-hybridized carbons (Fsp3) is 0.200. The van der Waals surface area contributed by atoms with Crippen LogP contribution in [0.3, 0.4) is 0 Å². The zero-order valence-electron chi connectivity index (χ0n) is 10.5. The first-order valence-electron chi connectivity index (χ1n) is 6.10. The quantitative estimate of drug-likeness (QED) is 0.808. The van der Waals surface area contributed by atoms with E-state index in [2.05, 4.69) is 0 Å². The van der Waals surface area contributed by atoms with Crippen molar-refractivity contribution < 1.29 is 13.2 Å². The van der Waals surface area contributed by atoms with Gasteiger partial charge in [-0.2, -0.15) is 0 Å². The highest BCUT2D eigenvalue weighted by molar-refractivity contribution is 7.92. The van der Waals surface area contributed by atoms with Crippen molar-refractivity contribution in [3.05, 3.63) is 65.7 Å². The van der Waals surface area contributed by atoms with Crippen molar-refractivity contribution in [1.82, 2.24) is 0 Å². The van der Waals surface area contributed by atoms with Crippen molar-refractivity contribution in [3.8, 4) is 0 Å². The molecule has 19 heavy (non-hydrogen) atoms. The molecule has 0 aromatic heterocycles. The van der Waals surface area contributed by atoms with Crippen LogP contribution in [0.2, 0.25) is 0 Å². The second-order valence-electron chi connectivity index (χ2n) is 4.69. The van der Waals surface area contributed by atoms with Gasteiger partial charge in [-0.1, -0.05) is 48.0 Å². The lowest BCUT2D eigenvalue weighted by Crippen LogP contribution is -2.09. The molecule has 0 spiro atoms. The lowest BCUT2D eigenvalue weighted by atomic mass is 10.1. The molecule has 98 valence electrons. The minimum atomic E-state index is -3.40. The summed E-state index contributed by atoms with van der Waals surface area (Å²) in [5.74, 6) is 0. The molecule has 0 N–H and O–H groups in total. The maximum Gasteiger partial charge on any atom is 0.208 e. The van der Waals surface area contributed by atoms with Gasteiger partial charge in [-0.05, 0) is 24.6 Å². The number of aryl methyl sites for hydroxylation is 1. The molecule has 1 fully saturated rings. The molecule has 3 rings (SSSR count). The van der Waals surface area contributed by atoms with E-state index in [9.17, 15) is 8.42 Å². The second kappa shape index (κ2) is 4.47. The fourth-order valence-electron chi connectivity index (χ4n) is 2.07. The van der Waals surface area contributed by atoms with Crippen LogP contribution in [0.25, 0.3) is 0 Å². The third kappa shape index (κ3) is 2.29. The predicted octanol–water partition coefficient (Wildman–Crippen LogP) is 2.87. The number of ether oxygens (including phenoxy) is 1. The van der Waals surface area contributed by atoms with Gasteiger partial charge in [-0.25, -0.2) is 8.42 Å². The smallest absolute Gasteiger partial charge is 0.208 e. The van der Waals surface area contributed by atoms with Gasteiger partial charge in [0.15, 0.2) is 5.44 Å². The van der Waals surface area contributed by atoms with E-state index in [4.69, 9.17) is 4.74 Å². The van der Waals surface area contributed by atoms with E-state index >= 15 is 0 Å². The van der Waals surface area contributed by atoms with Gasteiger partial charge in [-0.3, -0.25) is 0 Å². The molecule has 1 saturated heterocycles. The molecule has 0 aliphatic carbocycles. The fourth-order valence-corrected chi connectivity index (χ4v) is 3.62. The topological polar surface area (TPSA) is 46.7 Å². The molecule has 0 bridgehead atoms. The Morgan fingerprint density at radius 3 is 2.21 bits per heavy atom. The summed E-state index contributed by atoms with van der Waals surface area (Å²) in [6.45, 7) is 2.00. The van der Waals surface area contributed by atoms with Crippen molar-refractivity contribution in [2.45, 2.75) is 23.4 Å². The van der Waals surface area contributed by atoms with Crippen LogP contribution in [0.1, 0.15) is 17.2 Å².